The van der Waals surface area contributed by atoms with E-state index in [4.69, 9.17) is 0 Å². The van der Waals surface area contributed by atoms with Crippen LogP contribution in [0.15, 0.2) is 24.3 Å². The average Bonchev–Trinajstić information content (AvgIpc) is 2.33. The van der Waals surface area contributed by atoms with E-state index in [1.807, 2.05) is 19.2 Å². The smallest absolute Gasteiger partial charge is 0.132 e. The topological polar surface area (TPSA) is 29.1 Å². The number of rotatable bonds is 3. The minimum atomic E-state index is -0.214. The van der Waals surface area contributed by atoms with Crippen molar-refractivity contribution in [2.24, 2.45) is 0 Å². The summed E-state index contributed by atoms with van der Waals surface area (Å²) in [6.07, 6.45) is 2.62. The van der Waals surface area contributed by atoms with Crippen LogP contribution in [0.25, 0.3) is 0 Å². The van der Waals surface area contributed by atoms with Crippen LogP contribution in [0.3, 0.4) is 0 Å². The van der Waals surface area contributed by atoms with Crippen LogP contribution in [0.5, 0.6) is 0 Å². The summed E-state index contributed by atoms with van der Waals surface area (Å²) < 4.78 is 13.9. The van der Waals surface area contributed by atoms with Crippen molar-refractivity contribution in [1.82, 2.24) is 5.32 Å². The Kier molecular flexibility index (Phi) is 3.57. The van der Waals surface area contributed by atoms with Crippen LogP contribution in [-0.2, 0) is 10.2 Å². The molecule has 0 unspecified atom stereocenters. The van der Waals surface area contributed by atoms with Gasteiger partial charge in [-0.15, -0.1) is 0 Å². The van der Waals surface area contributed by atoms with Crippen LogP contribution >= 0.6 is 0 Å². The van der Waals surface area contributed by atoms with E-state index in [0.29, 0.717) is 18.6 Å². The molecule has 1 aromatic carbocycles. The summed E-state index contributed by atoms with van der Waals surface area (Å²) in [5, 5.41) is 3.14. The largest absolute Gasteiger partial charge is 0.319 e. The highest BCUT2D eigenvalue weighted by atomic mass is 19.1. The molecule has 1 saturated carbocycles. The zero-order valence-corrected chi connectivity index (χ0v) is 10.1. The molecule has 0 spiro atoms. The summed E-state index contributed by atoms with van der Waals surface area (Å²) in [4.78, 5) is 11.4. The van der Waals surface area contributed by atoms with Crippen molar-refractivity contribution < 1.29 is 9.18 Å². The summed E-state index contributed by atoms with van der Waals surface area (Å²) >= 11 is 0. The van der Waals surface area contributed by atoms with Crippen molar-refractivity contribution in [3.63, 3.8) is 0 Å². The monoisotopic (exact) mass is 235 g/mol. The molecule has 92 valence electrons. The Bertz CT molecular complexity index is 406. The fraction of sp³-hybridized carbons (Fsp3) is 0.500. The van der Waals surface area contributed by atoms with E-state index in [9.17, 15) is 9.18 Å². The van der Waals surface area contributed by atoms with Gasteiger partial charge in [0.05, 0.1) is 0 Å². The van der Waals surface area contributed by atoms with E-state index in [-0.39, 0.29) is 11.2 Å². The van der Waals surface area contributed by atoms with Crippen molar-refractivity contribution in [3.05, 3.63) is 35.6 Å². The summed E-state index contributed by atoms with van der Waals surface area (Å²) in [6.45, 7) is 0.723. The zero-order chi connectivity index (χ0) is 12.3. The van der Waals surface area contributed by atoms with Gasteiger partial charge in [0.1, 0.15) is 11.6 Å². The van der Waals surface area contributed by atoms with Crippen molar-refractivity contribution in [2.75, 3.05) is 13.6 Å². The highest BCUT2D eigenvalue weighted by molar-refractivity contribution is 5.79. The van der Waals surface area contributed by atoms with E-state index < -0.39 is 0 Å². The second-order valence-electron chi connectivity index (χ2n) is 4.83. The van der Waals surface area contributed by atoms with Crippen LogP contribution in [0.4, 0.5) is 4.39 Å². The van der Waals surface area contributed by atoms with E-state index in [1.54, 1.807) is 6.07 Å². The Morgan fingerprint density at radius 2 is 1.94 bits per heavy atom. The number of halogens is 1. The molecule has 0 atom stereocenters. The van der Waals surface area contributed by atoms with Gasteiger partial charge in [0.15, 0.2) is 0 Å². The highest BCUT2D eigenvalue weighted by Crippen LogP contribution is 2.38. The van der Waals surface area contributed by atoms with Gasteiger partial charge < -0.3 is 5.32 Å². The molecule has 0 amide bonds. The van der Waals surface area contributed by atoms with Crippen LogP contribution in [-0.4, -0.2) is 19.4 Å². The van der Waals surface area contributed by atoms with Gasteiger partial charge in [-0.25, -0.2) is 4.39 Å². The van der Waals surface area contributed by atoms with E-state index in [1.165, 1.54) is 6.07 Å². The van der Waals surface area contributed by atoms with Crippen LogP contribution in [0.2, 0.25) is 0 Å². The lowest BCUT2D eigenvalue weighted by molar-refractivity contribution is -0.121. The van der Waals surface area contributed by atoms with Crippen molar-refractivity contribution in [2.45, 2.75) is 31.1 Å². The summed E-state index contributed by atoms with van der Waals surface area (Å²) in [6, 6.07) is 6.93. The van der Waals surface area contributed by atoms with Crippen LogP contribution in [0.1, 0.15) is 31.2 Å². The molecule has 0 aliphatic heterocycles. The molecule has 0 radical (unpaired) electrons. The fourth-order valence-electron chi connectivity index (χ4n) is 2.78. The molecule has 2 nitrogen and oxygen atoms in total. The standard InChI is InChI=1S/C14H18FNO/c1-16-10-14(8-6-11(17)7-9-14)12-4-2-3-5-13(12)15/h2-5,16H,6-10H2,1H3. The predicted molar refractivity (Wildman–Crippen MR) is 65.5 cm³/mol. The molecule has 2 rings (SSSR count). The number of hydrogen-bond donors (Lipinski definition) is 1. The third-order valence-electron chi connectivity index (χ3n) is 3.73. The van der Waals surface area contributed by atoms with Gasteiger partial charge in [-0.3, -0.25) is 4.79 Å². The molecular formula is C14H18FNO. The lowest BCUT2D eigenvalue weighted by Crippen LogP contribution is -2.41. The Balaban J connectivity index is 2.34. The SMILES string of the molecule is CNCC1(c2ccccc2F)CCC(=O)CC1. The first-order valence-corrected chi connectivity index (χ1v) is 6.09. The number of benzene rings is 1. The number of carbonyl (C=O) groups excluding carboxylic acids is 1. The van der Waals surface area contributed by atoms with Crippen molar-refractivity contribution in [1.29, 1.82) is 0 Å². The Labute approximate surface area is 101 Å². The van der Waals surface area contributed by atoms with Gasteiger partial charge in [0, 0.05) is 24.8 Å². The Morgan fingerprint density at radius 1 is 1.29 bits per heavy atom. The first-order valence-electron chi connectivity index (χ1n) is 6.09. The van der Waals surface area contributed by atoms with Gasteiger partial charge in [-0.2, -0.15) is 0 Å². The first-order chi connectivity index (χ1) is 8.18. The molecule has 1 aromatic rings. The zero-order valence-electron chi connectivity index (χ0n) is 10.1. The second-order valence-corrected chi connectivity index (χ2v) is 4.83. The van der Waals surface area contributed by atoms with E-state index >= 15 is 0 Å². The van der Waals surface area contributed by atoms with E-state index in [0.717, 1.165) is 24.9 Å². The number of carbonyl (C=O) groups is 1. The number of Topliss-reactive ketones (excluding diaryl/α,β-unsaturated/α-hetero) is 1. The van der Waals surface area contributed by atoms with Gasteiger partial charge in [-0.05, 0) is 31.5 Å². The summed E-state index contributed by atoms with van der Waals surface area (Å²) in [5.41, 5.74) is 0.537. The second kappa shape index (κ2) is 4.96. The molecule has 0 bridgehead atoms. The normalized spacial score (nSPS) is 19.3. The first kappa shape index (κ1) is 12.2. The fourth-order valence-corrected chi connectivity index (χ4v) is 2.78. The highest BCUT2D eigenvalue weighted by Gasteiger charge is 2.37. The number of likely N-dealkylation sites (N-methyl/N-ethyl adjacent to an activating group) is 1. The minimum absolute atomic E-state index is 0.155. The van der Waals surface area contributed by atoms with Gasteiger partial charge in [0.25, 0.3) is 0 Å². The molecule has 1 fully saturated rings. The third-order valence-corrected chi connectivity index (χ3v) is 3.73. The van der Waals surface area contributed by atoms with Gasteiger partial charge in [-0.1, -0.05) is 18.2 Å². The molecule has 0 aromatic heterocycles. The summed E-state index contributed by atoms with van der Waals surface area (Å²) in [5.74, 6) is 0.144. The molecule has 17 heavy (non-hydrogen) atoms. The minimum Gasteiger partial charge on any atom is -0.319 e. The molecule has 1 aliphatic rings. The number of hydrogen-bond acceptors (Lipinski definition) is 2. The van der Waals surface area contributed by atoms with Gasteiger partial charge >= 0.3 is 0 Å². The lowest BCUT2D eigenvalue weighted by atomic mass is 9.69. The molecule has 1 N–H and O–H groups in total. The third kappa shape index (κ3) is 2.39. The molecular weight excluding hydrogens is 217 g/mol. The maximum absolute atomic E-state index is 13.9. The molecule has 0 saturated heterocycles. The molecule has 3 heteroatoms. The quantitative estimate of drug-likeness (QED) is 0.871. The van der Waals surface area contributed by atoms with Gasteiger partial charge in [0.2, 0.25) is 0 Å². The summed E-state index contributed by atoms with van der Waals surface area (Å²) in [7, 11) is 1.87. The lowest BCUT2D eigenvalue weighted by Gasteiger charge is -2.37. The maximum Gasteiger partial charge on any atom is 0.132 e. The molecule has 1 aliphatic carbocycles. The number of ketones is 1. The van der Waals surface area contributed by atoms with Crippen LogP contribution in [0, 0.1) is 5.82 Å². The van der Waals surface area contributed by atoms with Crippen molar-refractivity contribution in [3.8, 4) is 0 Å². The Morgan fingerprint density at radius 3 is 2.53 bits per heavy atom. The van der Waals surface area contributed by atoms with E-state index in [2.05, 4.69) is 5.32 Å². The van der Waals surface area contributed by atoms with Crippen LogP contribution < -0.4 is 5.32 Å². The predicted octanol–water partition coefficient (Wildman–Crippen LogP) is 2.43. The molecule has 0 heterocycles. The van der Waals surface area contributed by atoms with Crippen molar-refractivity contribution >= 4 is 5.78 Å². The number of nitrogens with one attached hydrogen (secondary N) is 1. The maximum atomic E-state index is 13.9. The average molecular weight is 235 g/mol. The Hall–Kier alpha value is -1.22.